The number of anilines is 1. The largest absolute Gasteiger partial charge is 0.506 e. The summed E-state index contributed by atoms with van der Waals surface area (Å²) in [6, 6.07) is 3.65. The van der Waals surface area contributed by atoms with Gasteiger partial charge in [-0.2, -0.15) is 13.2 Å². The fourth-order valence-electron chi connectivity index (χ4n) is 1.74. The zero-order valence-electron chi connectivity index (χ0n) is 11.2. The van der Waals surface area contributed by atoms with Crippen LogP contribution in [0, 0.1) is 5.92 Å². The van der Waals surface area contributed by atoms with E-state index >= 15 is 0 Å². The van der Waals surface area contributed by atoms with Crippen LogP contribution in [0.5, 0.6) is 5.75 Å². The molecule has 20 heavy (non-hydrogen) atoms. The molecule has 0 atom stereocenters. The Morgan fingerprint density at radius 2 is 2.00 bits per heavy atom. The molecule has 0 unspecified atom stereocenters. The van der Waals surface area contributed by atoms with Gasteiger partial charge in [0.05, 0.1) is 5.69 Å². The summed E-state index contributed by atoms with van der Waals surface area (Å²) in [4.78, 5) is 12.8. The van der Waals surface area contributed by atoms with Crippen molar-refractivity contribution in [2.45, 2.75) is 20.0 Å². The first kappa shape index (κ1) is 16.1. The van der Waals surface area contributed by atoms with Gasteiger partial charge in [0.1, 0.15) is 12.3 Å². The lowest BCUT2D eigenvalue weighted by Gasteiger charge is -2.25. The summed E-state index contributed by atoms with van der Waals surface area (Å²) in [5, 5.41) is 9.43. The second-order valence-corrected chi connectivity index (χ2v) is 4.97. The molecule has 1 aromatic carbocycles. The third-order valence-corrected chi connectivity index (χ3v) is 2.52. The molecule has 0 aromatic heterocycles. The van der Waals surface area contributed by atoms with Gasteiger partial charge in [0.15, 0.2) is 0 Å². The molecule has 0 bridgehead atoms. The number of phenols is 1. The average Bonchev–Trinajstić information content (AvgIpc) is 2.28. The maximum absolute atomic E-state index is 12.5. The number of carbonyl (C=O) groups is 1. The van der Waals surface area contributed by atoms with E-state index in [1.165, 1.54) is 12.1 Å². The number of nitrogens with zero attached hydrogens (tertiary/aromatic N) is 1. The number of amides is 1. The molecular weight excluding hydrogens is 273 g/mol. The van der Waals surface area contributed by atoms with Gasteiger partial charge in [-0.1, -0.05) is 13.8 Å². The lowest BCUT2D eigenvalue weighted by Crippen LogP contribution is -2.41. The fraction of sp³-hybridized carbons (Fsp3) is 0.462. The molecule has 0 heterocycles. The predicted octanol–water partition coefficient (Wildman–Crippen LogP) is 2.63. The third-order valence-electron chi connectivity index (χ3n) is 2.52. The van der Waals surface area contributed by atoms with E-state index in [-0.39, 0.29) is 29.5 Å². The number of rotatable bonds is 4. The summed E-state index contributed by atoms with van der Waals surface area (Å²) in [6.07, 6.45) is -4.47. The molecule has 0 aliphatic heterocycles. The van der Waals surface area contributed by atoms with Crippen LogP contribution in [0.15, 0.2) is 18.2 Å². The number of alkyl halides is 3. The third kappa shape index (κ3) is 4.64. The molecule has 7 heteroatoms. The second kappa shape index (κ2) is 6.02. The number of phenolic OH excluding ortho intramolecular Hbond substituents is 1. The van der Waals surface area contributed by atoms with Gasteiger partial charge in [-0.15, -0.1) is 0 Å². The highest BCUT2D eigenvalue weighted by molar-refractivity contribution is 5.95. The van der Waals surface area contributed by atoms with Crippen LogP contribution in [0.25, 0.3) is 0 Å². The Balaban J connectivity index is 2.99. The standard InChI is InChI=1S/C13H17F3N2O2/c1-8(2)6-18(7-13(14,15)16)12(20)9-3-4-10(17)11(19)5-9/h3-5,8,19H,6-7,17H2,1-2H3. The fourth-order valence-corrected chi connectivity index (χ4v) is 1.74. The van der Waals surface area contributed by atoms with Gasteiger partial charge in [-0.25, -0.2) is 0 Å². The number of nitrogen functional groups attached to an aromatic ring is 1. The van der Waals surface area contributed by atoms with Gasteiger partial charge in [0.25, 0.3) is 5.91 Å². The van der Waals surface area contributed by atoms with Crippen LogP contribution < -0.4 is 5.73 Å². The Bertz CT molecular complexity index is 487. The van der Waals surface area contributed by atoms with Crippen molar-refractivity contribution in [3.63, 3.8) is 0 Å². The lowest BCUT2D eigenvalue weighted by atomic mass is 10.1. The van der Waals surface area contributed by atoms with Crippen LogP contribution in [0.4, 0.5) is 18.9 Å². The molecule has 0 aliphatic carbocycles. The monoisotopic (exact) mass is 290 g/mol. The average molecular weight is 290 g/mol. The number of hydrogen-bond acceptors (Lipinski definition) is 3. The number of halogens is 3. The van der Waals surface area contributed by atoms with E-state index in [0.29, 0.717) is 0 Å². The zero-order valence-corrected chi connectivity index (χ0v) is 11.2. The SMILES string of the molecule is CC(C)CN(CC(F)(F)F)C(=O)c1ccc(N)c(O)c1. The molecule has 112 valence electrons. The zero-order chi connectivity index (χ0) is 15.5. The van der Waals surface area contributed by atoms with E-state index < -0.39 is 18.6 Å². The van der Waals surface area contributed by atoms with E-state index in [4.69, 9.17) is 5.73 Å². The summed E-state index contributed by atoms with van der Waals surface area (Å²) >= 11 is 0. The van der Waals surface area contributed by atoms with Crippen LogP contribution in [-0.4, -0.2) is 35.2 Å². The second-order valence-electron chi connectivity index (χ2n) is 4.97. The highest BCUT2D eigenvalue weighted by Gasteiger charge is 2.33. The van der Waals surface area contributed by atoms with E-state index in [1.54, 1.807) is 13.8 Å². The number of benzene rings is 1. The van der Waals surface area contributed by atoms with E-state index in [9.17, 15) is 23.1 Å². The quantitative estimate of drug-likeness (QED) is 0.661. The van der Waals surface area contributed by atoms with Gasteiger partial charge in [0, 0.05) is 12.1 Å². The predicted molar refractivity (Wildman–Crippen MR) is 69.3 cm³/mol. The minimum Gasteiger partial charge on any atom is -0.506 e. The van der Waals surface area contributed by atoms with Crippen LogP contribution in [-0.2, 0) is 0 Å². The van der Waals surface area contributed by atoms with Crippen molar-refractivity contribution in [3.05, 3.63) is 23.8 Å². The van der Waals surface area contributed by atoms with Crippen molar-refractivity contribution in [1.82, 2.24) is 4.90 Å². The molecule has 0 fully saturated rings. The number of nitrogens with two attached hydrogens (primary N) is 1. The molecule has 0 saturated carbocycles. The summed E-state index contributed by atoms with van der Waals surface area (Å²) in [5.41, 5.74) is 5.43. The number of carbonyl (C=O) groups excluding carboxylic acids is 1. The Kier molecular flexibility index (Phi) is 4.86. The van der Waals surface area contributed by atoms with Crippen molar-refractivity contribution in [1.29, 1.82) is 0 Å². The van der Waals surface area contributed by atoms with E-state index in [2.05, 4.69) is 0 Å². The first-order valence-corrected chi connectivity index (χ1v) is 6.04. The summed E-state index contributed by atoms with van der Waals surface area (Å²) < 4.78 is 37.5. The lowest BCUT2D eigenvalue weighted by molar-refractivity contribution is -0.141. The molecule has 3 N–H and O–H groups in total. The number of hydrogen-bond donors (Lipinski definition) is 2. The molecule has 0 radical (unpaired) electrons. The molecule has 0 aliphatic rings. The molecule has 4 nitrogen and oxygen atoms in total. The van der Waals surface area contributed by atoms with E-state index in [1.807, 2.05) is 0 Å². The van der Waals surface area contributed by atoms with Crippen molar-refractivity contribution >= 4 is 11.6 Å². The van der Waals surface area contributed by atoms with Gasteiger partial charge in [-0.05, 0) is 24.1 Å². The van der Waals surface area contributed by atoms with Gasteiger partial charge in [0.2, 0.25) is 0 Å². The van der Waals surface area contributed by atoms with Crippen molar-refractivity contribution in [3.8, 4) is 5.75 Å². The highest BCUT2D eigenvalue weighted by Crippen LogP contribution is 2.23. The maximum Gasteiger partial charge on any atom is 0.406 e. The van der Waals surface area contributed by atoms with Crippen LogP contribution in [0.2, 0.25) is 0 Å². The van der Waals surface area contributed by atoms with Crippen molar-refractivity contribution in [2.24, 2.45) is 5.92 Å². The summed E-state index contributed by atoms with van der Waals surface area (Å²) in [5.74, 6) is -1.22. The van der Waals surface area contributed by atoms with Crippen molar-refractivity contribution < 1.29 is 23.1 Å². The first-order valence-electron chi connectivity index (χ1n) is 6.04. The highest BCUT2D eigenvalue weighted by atomic mass is 19.4. The first-order chi connectivity index (χ1) is 9.10. The minimum atomic E-state index is -4.47. The van der Waals surface area contributed by atoms with Crippen LogP contribution >= 0.6 is 0 Å². The van der Waals surface area contributed by atoms with Crippen molar-refractivity contribution in [2.75, 3.05) is 18.8 Å². The van der Waals surface area contributed by atoms with Gasteiger partial charge < -0.3 is 15.7 Å². The molecule has 1 rings (SSSR count). The Morgan fingerprint density at radius 3 is 2.45 bits per heavy atom. The Morgan fingerprint density at radius 1 is 1.40 bits per heavy atom. The number of aromatic hydroxyl groups is 1. The molecule has 1 amide bonds. The smallest absolute Gasteiger partial charge is 0.406 e. The summed E-state index contributed by atoms with van der Waals surface area (Å²) in [6.45, 7) is 2.09. The topological polar surface area (TPSA) is 66.6 Å². The van der Waals surface area contributed by atoms with Crippen LogP contribution in [0.1, 0.15) is 24.2 Å². The van der Waals surface area contributed by atoms with Gasteiger partial charge >= 0.3 is 6.18 Å². The molecule has 0 spiro atoms. The Labute approximate surface area is 115 Å². The van der Waals surface area contributed by atoms with Gasteiger partial charge in [-0.3, -0.25) is 4.79 Å². The molecule has 0 saturated heterocycles. The summed E-state index contributed by atoms with van der Waals surface area (Å²) in [7, 11) is 0. The maximum atomic E-state index is 12.5. The normalized spacial score (nSPS) is 11.7. The Hall–Kier alpha value is -1.92. The van der Waals surface area contributed by atoms with Crippen LogP contribution in [0.3, 0.4) is 0 Å². The van der Waals surface area contributed by atoms with E-state index in [0.717, 1.165) is 11.0 Å². The minimum absolute atomic E-state index is 0.0243. The molecular formula is C13H17F3N2O2. The molecule has 1 aromatic rings.